The summed E-state index contributed by atoms with van der Waals surface area (Å²) in [6, 6.07) is 0. The molecule has 28 heavy (non-hydrogen) atoms. The number of carbonyl (C=O) groups is 1. The number of rotatable bonds is 2. The van der Waals surface area contributed by atoms with E-state index in [4.69, 9.17) is 4.98 Å². The average molecular weight is 383 g/mol. The van der Waals surface area contributed by atoms with Crippen molar-refractivity contribution < 1.29 is 4.79 Å². The van der Waals surface area contributed by atoms with Crippen molar-refractivity contribution in [2.24, 2.45) is 5.92 Å². The number of carbonyl (C=O) groups excluding carboxylic acids is 1. The van der Waals surface area contributed by atoms with Crippen molar-refractivity contribution in [1.82, 2.24) is 24.4 Å². The predicted octanol–water partition coefficient (Wildman–Crippen LogP) is 2.78. The van der Waals surface area contributed by atoms with Gasteiger partial charge in [0.15, 0.2) is 17.0 Å². The molecule has 0 bridgehead atoms. The molecule has 0 N–H and O–H groups in total. The highest BCUT2D eigenvalue weighted by Crippen LogP contribution is 2.30. The van der Waals surface area contributed by atoms with Gasteiger partial charge in [-0.15, -0.1) is 0 Å². The summed E-state index contributed by atoms with van der Waals surface area (Å²) in [6.45, 7) is 4.56. The van der Waals surface area contributed by atoms with Crippen molar-refractivity contribution in [3.8, 4) is 0 Å². The lowest BCUT2D eigenvalue weighted by Gasteiger charge is -2.36. The number of hydrogen-bond donors (Lipinski definition) is 0. The first-order chi connectivity index (χ1) is 13.8. The molecule has 2 aromatic rings. The minimum absolute atomic E-state index is 0.0808. The van der Waals surface area contributed by atoms with E-state index in [1.165, 1.54) is 25.7 Å². The van der Waals surface area contributed by atoms with Crippen LogP contribution in [0, 0.1) is 5.92 Å². The van der Waals surface area contributed by atoms with Gasteiger partial charge in [0.2, 0.25) is 5.91 Å². The molecular weight excluding hydrogens is 352 g/mol. The highest BCUT2D eigenvalue weighted by molar-refractivity contribution is 5.85. The topological polar surface area (TPSA) is 67.2 Å². The summed E-state index contributed by atoms with van der Waals surface area (Å²) in [5.74, 6) is 2.49. The van der Waals surface area contributed by atoms with E-state index in [1.807, 2.05) is 0 Å². The van der Waals surface area contributed by atoms with Crippen molar-refractivity contribution in [3.05, 3.63) is 12.2 Å². The van der Waals surface area contributed by atoms with Gasteiger partial charge in [0.25, 0.3) is 0 Å². The highest BCUT2D eigenvalue weighted by atomic mass is 16.2. The van der Waals surface area contributed by atoms with Crippen LogP contribution in [0.15, 0.2) is 6.33 Å². The summed E-state index contributed by atoms with van der Waals surface area (Å²) in [5.41, 5.74) is 1.89. The van der Waals surface area contributed by atoms with Crippen LogP contribution in [0.25, 0.3) is 11.2 Å². The summed E-state index contributed by atoms with van der Waals surface area (Å²) >= 11 is 0. The van der Waals surface area contributed by atoms with E-state index in [0.717, 1.165) is 87.6 Å². The lowest BCUT2D eigenvalue weighted by Crippen LogP contribution is -2.46. The van der Waals surface area contributed by atoms with Gasteiger partial charge >= 0.3 is 0 Å². The third-order valence-electron chi connectivity index (χ3n) is 6.61. The van der Waals surface area contributed by atoms with Crippen LogP contribution >= 0.6 is 0 Å². The number of amides is 1. The maximum atomic E-state index is 13.0. The van der Waals surface area contributed by atoms with Crippen molar-refractivity contribution in [2.45, 2.75) is 64.3 Å². The number of piperidine rings is 2. The molecule has 5 rings (SSSR count). The van der Waals surface area contributed by atoms with Gasteiger partial charge in [-0.1, -0.05) is 6.42 Å². The fourth-order valence-electron chi connectivity index (χ4n) is 5.10. The Morgan fingerprint density at radius 3 is 2.64 bits per heavy atom. The Bertz CT molecular complexity index is 856. The monoisotopic (exact) mass is 382 g/mol. The zero-order valence-electron chi connectivity index (χ0n) is 16.6. The van der Waals surface area contributed by atoms with Gasteiger partial charge in [0.05, 0.1) is 5.92 Å². The van der Waals surface area contributed by atoms with Crippen LogP contribution in [0.1, 0.15) is 57.2 Å². The number of likely N-dealkylation sites (tertiary alicyclic amines) is 1. The Morgan fingerprint density at radius 1 is 0.929 bits per heavy atom. The number of aromatic nitrogens is 4. The van der Waals surface area contributed by atoms with E-state index in [0.29, 0.717) is 5.91 Å². The molecule has 0 spiro atoms. The van der Waals surface area contributed by atoms with Crippen LogP contribution in [0.4, 0.5) is 5.82 Å². The lowest BCUT2D eigenvalue weighted by atomic mass is 9.95. The Morgan fingerprint density at radius 2 is 1.75 bits per heavy atom. The van der Waals surface area contributed by atoms with Gasteiger partial charge in [0, 0.05) is 39.1 Å². The van der Waals surface area contributed by atoms with E-state index < -0.39 is 0 Å². The Labute approximate surface area is 166 Å². The summed E-state index contributed by atoms with van der Waals surface area (Å²) in [7, 11) is 0. The third kappa shape index (κ3) is 3.25. The molecule has 0 unspecified atom stereocenters. The Hall–Kier alpha value is -2.18. The van der Waals surface area contributed by atoms with Gasteiger partial charge in [-0.2, -0.15) is 0 Å². The van der Waals surface area contributed by atoms with E-state index in [1.54, 1.807) is 6.33 Å². The van der Waals surface area contributed by atoms with Crippen molar-refractivity contribution >= 4 is 22.9 Å². The van der Waals surface area contributed by atoms with E-state index in [2.05, 4.69) is 24.3 Å². The molecule has 5 heterocycles. The number of imidazole rings is 1. The molecule has 7 heteroatoms. The van der Waals surface area contributed by atoms with Gasteiger partial charge in [-0.25, -0.2) is 15.0 Å². The molecule has 0 saturated carbocycles. The van der Waals surface area contributed by atoms with Gasteiger partial charge in [-0.05, 0) is 44.9 Å². The molecule has 0 aliphatic carbocycles. The third-order valence-corrected chi connectivity index (χ3v) is 6.61. The zero-order chi connectivity index (χ0) is 18.9. The van der Waals surface area contributed by atoms with E-state index in [9.17, 15) is 4.79 Å². The lowest BCUT2D eigenvalue weighted by molar-refractivity contribution is -0.136. The Kier molecular flexibility index (Phi) is 4.91. The highest BCUT2D eigenvalue weighted by Gasteiger charge is 2.31. The molecule has 7 nitrogen and oxygen atoms in total. The second kappa shape index (κ2) is 7.68. The number of nitrogens with zero attached hydrogens (tertiary/aromatic N) is 6. The maximum absolute atomic E-state index is 13.0. The molecule has 1 amide bonds. The first-order valence-electron chi connectivity index (χ1n) is 11.0. The predicted molar refractivity (Wildman–Crippen MR) is 108 cm³/mol. The number of anilines is 1. The number of hydrogen-bond acceptors (Lipinski definition) is 5. The van der Waals surface area contributed by atoms with Crippen LogP contribution in [-0.4, -0.2) is 56.5 Å². The molecule has 2 fully saturated rings. The first kappa shape index (κ1) is 17.9. The molecular formula is C21H30N6O. The van der Waals surface area contributed by atoms with Crippen molar-refractivity contribution in [2.75, 3.05) is 31.1 Å². The standard InChI is InChI=1S/C21H30N6O/c28-21(25-10-4-2-5-11-25)16-8-7-12-26(14-16)19-18-20(23-15-22-19)27-13-6-1-3-9-17(27)24-18/h15-16H,1-14H2/t16-/m1/s1. The van der Waals surface area contributed by atoms with Crippen molar-refractivity contribution in [1.29, 1.82) is 0 Å². The maximum Gasteiger partial charge on any atom is 0.227 e. The van der Waals surface area contributed by atoms with Crippen LogP contribution < -0.4 is 4.90 Å². The van der Waals surface area contributed by atoms with Crippen LogP contribution in [0.3, 0.4) is 0 Å². The first-order valence-corrected chi connectivity index (χ1v) is 11.0. The SMILES string of the molecule is O=C([C@@H]1CCCN(c2ncnc3c2nc2n3CCCCC2)C1)N1CCCCC1. The smallest absolute Gasteiger partial charge is 0.227 e. The molecule has 3 aliphatic rings. The van der Waals surface area contributed by atoms with E-state index >= 15 is 0 Å². The molecule has 1 atom stereocenters. The molecule has 0 radical (unpaired) electrons. The van der Waals surface area contributed by atoms with Crippen LogP contribution in [0.5, 0.6) is 0 Å². The molecule has 0 aromatic carbocycles. The van der Waals surface area contributed by atoms with Crippen LogP contribution in [-0.2, 0) is 17.8 Å². The summed E-state index contributed by atoms with van der Waals surface area (Å²) in [5, 5.41) is 0. The fourth-order valence-corrected chi connectivity index (χ4v) is 5.10. The summed E-state index contributed by atoms with van der Waals surface area (Å²) in [4.78, 5) is 31.5. The second-order valence-corrected chi connectivity index (χ2v) is 8.53. The van der Waals surface area contributed by atoms with Gasteiger partial charge in [0.1, 0.15) is 12.2 Å². The largest absolute Gasteiger partial charge is 0.354 e. The minimum atomic E-state index is 0.0808. The normalized spacial score (nSPS) is 23.5. The quantitative estimate of drug-likeness (QED) is 0.799. The summed E-state index contributed by atoms with van der Waals surface area (Å²) in [6.07, 6.45) is 11.9. The average Bonchev–Trinajstić information content (AvgIpc) is 2.95. The molecule has 3 aliphatic heterocycles. The number of fused-ring (bicyclic) bond motifs is 3. The zero-order valence-corrected chi connectivity index (χ0v) is 16.6. The summed E-state index contributed by atoms with van der Waals surface area (Å²) < 4.78 is 2.29. The second-order valence-electron chi connectivity index (χ2n) is 8.53. The van der Waals surface area contributed by atoms with Crippen molar-refractivity contribution in [3.63, 3.8) is 0 Å². The molecule has 150 valence electrons. The van der Waals surface area contributed by atoms with Crippen LogP contribution in [0.2, 0.25) is 0 Å². The fraction of sp³-hybridized carbons (Fsp3) is 0.714. The number of aryl methyl sites for hydroxylation is 2. The minimum Gasteiger partial charge on any atom is -0.354 e. The molecule has 2 saturated heterocycles. The Balaban J connectivity index is 1.41. The van der Waals surface area contributed by atoms with Gasteiger partial charge in [-0.3, -0.25) is 4.79 Å². The van der Waals surface area contributed by atoms with E-state index in [-0.39, 0.29) is 5.92 Å². The van der Waals surface area contributed by atoms with Gasteiger partial charge < -0.3 is 14.4 Å². The molecule has 2 aromatic heterocycles.